The average Bonchev–Trinajstić information content (AvgIpc) is 2.98. The van der Waals surface area contributed by atoms with Gasteiger partial charge < -0.3 is 13.6 Å². The lowest BCUT2D eigenvalue weighted by Crippen LogP contribution is -2.29. The zero-order valence-corrected chi connectivity index (χ0v) is 20.6. The highest BCUT2D eigenvalue weighted by molar-refractivity contribution is 7.39. The summed E-state index contributed by atoms with van der Waals surface area (Å²) in [5.74, 6) is 2.72. The van der Waals surface area contributed by atoms with Crippen LogP contribution in [0.15, 0.2) is 37.4 Å². The summed E-state index contributed by atoms with van der Waals surface area (Å²) in [6, 6.07) is 0. The second kappa shape index (κ2) is 10.6. The minimum absolute atomic E-state index is 0.119. The smallest absolute Gasteiger partial charge is 0.395 e. The Morgan fingerprint density at radius 1 is 1.14 bits per heavy atom. The third kappa shape index (κ3) is 7.75. The van der Waals surface area contributed by atoms with Crippen LogP contribution >= 0.6 is 8.20 Å². The first-order valence-electron chi connectivity index (χ1n) is 10.3. The normalized spacial score (nSPS) is 14.4. The number of hydrogen-bond acceptors (Lipinski definition) is 4. The summed E-state index contributed by atoms with van der Waals surface area (Å²) in [6.07, 6.45) is 9.43. The molecule has 0 aliphatic rings. The van der Waals surface area contributed by atoms with E-state index in [0.717, 1.165) is 12.6 Å². The van der Waals surface area contributed by atoms with Crippen molar-refractivity contribution in [1.82, 2.24) is 0 Å². The van der Waals surface area contributed by atoms with Crippen LogP contribution in [0, 0.1) is 10.8 Å². The van der Waals surface area contributed by atoms with Crippen LogP contribution in [0.5, 0.6) is 0 Å². The number of allylic oxidation sites excluding steroid dienone is 4. The van der Waals surface area contributed by atoms with E-state index < -0.39 is 5.82 Å². The molecule has 29 heavy (non-hydrogen) atoms. The van der Waals surface area contributed by atoms with Crippen molar-refractivity contribution in [1.29, 1.82) is 0 Å². The Hall–Kier alpha value is -1.38. The topological polar surface area (TPSA) is 52.6 Å². The molecule has 0 bridgehead atoms. The number of methoxy groups -OCH3 is 1. The summed E-state index contributed by atoms with van der Waals surface area (Å²) in [5, 5.41) is 0. The van der Waals surface area contributed by atoms with Gasteiger partial charge in [0.05, 0.1) is 0 Å². The highest BCUT2D eigenvalue weighted by Gasteiger charge is 2.37. The molecule has 0 aliphatic carbocycles. The summed E-state index contributed by atoms with van der Waals surface area (Å²) < 4.78 is 15.8. The van der Waals surface area contributed by atoms with Crippen molar-refractivity contribution in [3.05, 3.63) is 45.9 Å². The third-order valence-electron chi connectivity index (χ3n) is 5.38. The molecular formula is C24H39O4P. The fourth-order valence-corrected chi connectivity index (χ4v) is 4.92. The molecule has 0 amide bonds. The predicted octanol–water partition coefficient (Wildman–Crippen LogP) is 6.76. The molecule has 164 valence electrons. The monoisotopic (exact) mass is 422 g/mol. The van der Waals surface area contributed by atoms with Crippen molar-refractivity contribution in [2.75, 3.05) is 13.3 Å². The second-order valence-corrected chi connectivity index (χ2v) is 10.7. The highest BCUT2D eigenvalue weighted by atomic mass is 31.1. The maximum atomic E-state index is 11.7. The van der Waals surface area contributed by atoms with Crippen molar-refractivity contribution in [3.8, 4) is 0 Å². The van der Waals surface area contributed by atoms with Crippen molar-refractivity contribution >= 4 is 14.0 Å². The van der Waals surface area contributed by atoms with Crippen molar-refractivity contribution in [2.45, 2.75) is 80.3 Å². The van der Waals surface area contributed by atoms with Gasteiger partial charge in [0, 0.05) is 12.5 Å². The summed E-state index contributed by atoms with van der Waals surface area (Å²) in [4.78, 5) is 11.7. The molecule has 0 unspecified atom stereocenters. The van der Waals surface area contributed by atoms with E-state index in [2.05, 4.69) is 66.4 Å². The van der Waals surface area contributed by atoms with E-state index in [4.69, 9.17) is 13.6 Å². The number of rotatable bonds is 11. The van der Waals surface area contributed by atoms with Gasteiger partial charge in [0.2, 0.25) is 0 Å². The zero-order chi connectivity index (χ0) is 22.3. The predicted molar refractivity (Wildman–Crippen MR) is 124 cm³/mol. The first-order chi connectivity index (χ1) is 13.4. The fraction of sp³-hybridized carbons (Fsp3) is 0.667. The van der Waals surface area contributed by atoms with E-state index in [0.29, 0.717) is 16.9 Å². The fourth-order valence-electron chi connectivity index (χ4n) is 3.48. The van der Waals surface area contributed by atoms with Crippen LogP contribution in [-0.2, 0) is 16.8 Å². The Balaban J connectivity index is 3.19. The van der Waals surface area contributed by atoms with Gasteiger partial charge in [0.1, 0.15) is 6.61 Å². The summed E-state index contributed by atoms with van der Waals surface area (Å²) in [7, 11) is 2.90. The van der Waals surface area contributed by atoms with Gasteiger partial charge in [-0.1, -0.05) is 73.1 Å². The Kier molecular flexibility index (Phi) is 9.37. The van der Waals surface area contributed by atoms with Crippen LogP contribution in [0.3, 0.4) is 0 Å². The standard InChI is InChI=1S/C24H39O4P/c1-10-12-13-18(15-29-17-22(3,4)11-2)23(5,6)16-24(7,8)20-19(14-26-9)27-21(25)28-20/h10,12-13,15H,11,14,16-17H2,1-9H3. The summed E-state index contributed by atoms with van der Waals surface area (Å²) >= 11 is 0. The van der Waals surface area contributed by atoms with Crippen molar-refractivity contribution < 1.29 is 13.6 Å². The Morgan fingerprint density at radius 2 is 1.79 bits per heavy atom. The van der Waals surface area contributed by atoms with Gasteiger partial charge >= 0.3 is 5.82 Å². The molecular weight excluding hydrogens is 383 g/mol. The van der Waals surface area contributed by atoms with Crippen LogP contribution in [0.2, 0.25) is 0 Å². The van der Waals surface area contributed by atoms with Gasteiger partial charge in [-0.05, 0) is 41.7 Å². The molecule has 0 saturated heterocycles. The molecule has 0 radical (unpaired) electrons. The minimum Gasteiger partial charge on any atom is -0.395 e. The molecule has 5 heteroatoms. The van der Waals surface area contributed by atoms with Gasteiger partial charge in [0.25, 0.3) is 0 Å². The van der Waals surface area contributed by atoms with Gasteiger partial charge in [-0.15, -0.1) is 8.20 Å². The van der Waals surface area contributed by atoms with Gasteiger partial charge in [0.15, 0.2) is 11.5 Å². The molecule has 1 rings (SSSR count). The van der Waals surface area contributed by atoms with Gasteiger partial charge in [-0.3, -0.25) is 0 Å². The van der Waals surface area contributed by atoms with E-state index in [1.54, 1.807) is 7.11 Å². The third-order valence-corrected chi connectivity index (χ3v) is 6.88. The van der Waals surface area contributed by atoms with E-state index in [1.807, 2.05) is 13.0 Å². The SMILES string of the molecule is CC=CC=C(C=PCC(C)(C)CC)C(C)(C)CC(C)(C)c1oc(=O)oc1COC. The quantitative estimate of drug-likeness (QED) is 0.292. The minimum atomic E-state index is -0.672. The zero-order valence-electron chi connectivity index (χ0n) is 19.7. The summed E-state index contributed by atoms with van der Waals surface area (Å²) in [5.41, 5.74) is 1.12. The van der Waals surface area contributed by atoms with E-state index in [1.165, 1.54) is 20.2 Å². The second-order valence-electron chi connectivity index (χ2n) is 9.72. The maximum absolute atomic E-state index is 11.7. The van der Waals surface area contributed by atoms with E-state index in [-0.39, 0.29) is 17.4 Å². The molecule has 0 aliphatic heterocycles. The Bertz CT molecular complexity index is 788. The lowest BCUT2D eigenvalue weighted by molar-refractivity contribution is 0.159. The molecule has 0 spiro atoms. The number of ether oxygens (including phenoxy) is 1. The first-order valence-corrected chi connectivity index (χ1v) is 11.5. The maximum Gasteiger partial charge on any atom is 0.519 e. The number of hydrogen-bond donors (Lipinski definition) is 0. The molecule has 1 aromatic rings. The first kappa shape index (κ1) is 25.7. The molecule has 0 fully saturated rings. The van der Waals surface area contributed by atoms with Crippen molar-refractivity contribution in [2.24, 2.45) is 10.8 Å². The van der Waals surface area contributed by atoms with Crippen LogP contribution in [0.1, 0.15) is 79.8 Å². The highest BCUT2D eigenvalue weighted by Crippen LogP contribution is 2.42. The molecule has 0 N–H and O–H groups in total. The lowest BCUT2D eigenvalue weighted by atomic mass is 9.70. The van der Waals surface area contributed by atoms with E-state index >= 15 is 0 Å². The van der Waals surface area contributed by atoms with Crippen LogP contribution in [0.25, 0.3) is 0 Å². The van der Waals surface area contributed by atoms with Crippen LogP contribution in [-0.4, -0.2) is 19.1 Å². The molecule has 1 heterocycles. The van der Waals surface area contributed by atoms with E-state index in [9.17, 15) is 4.79 Å². The lowest BCUT2D eigenvalue weighted by Gasteiger charge is -2.35. The molecule has 0 atom stereocenters. The summed E-state index contributed by atoms with van der Waals surface area (Å²) in [6.45, 7) is 17.8. The largest absolute Gasteiger partial charge is 0.519 e. The molecule has 4 nitrogen and oxygen atoms in total. The molecule has 0 saturated carbocycles. The molecule has 1 aromatic heterocycles. The average molecular weight is 423 g/mol. The Labute approximate surface area is 178 Å². The van der Waals surface area contributed by atoms with Gasteiger partial charge in [-0.2, -0.15) is 0 Å². The van der Waals surface area contributed by atoms with Crippen LogP contribution < -0.4 is 5.82 Å². The van der Waals surface area contributed by atoms with Crippen LogP contribution in [0.4, 0.5) is 0 Å². The van der Waals surface area contributed by atoms with Gasteiger partial charge in [-0.25, -0.2) is 4.79 Å². The van der Waals surface area contributed by atoms with Crippen molar-refractivity contribution in [3.63, 3.8) is 0 Å². The molecule has 0 aromatic carbocycles. The Morgan fingerprint density at radius 3 is 2.34 bits per heavy atom.